The van der Waals surface area contributed by atoms with Crippen molar-refractivity contribution in [1.82, 2.24) is 5.43 Å². The molecule has 8 heteroatoms. The van der Waals surface area contributed by atoms with E-state index in [1.54, 1.807) is 42.5 Å². The summed E-state index contributed by atoms with van der Waals surface area (Å²) in [5.74, 6) is 0.589. The van der Waals surface area contributed by atoms with Gasteiger partial charge in [0.05, 0.1) is 18.4 Å². The Hall–Kier alpha value is -3.23. The Morgan fingerprint density at radius 3 is 2.62 bits per heavy atom. The van der Waals surface area contributed by atoms with Gasteiger partial charge in [-0.15, -0.1) is 0 Å². The number of hydrogen-bond donors (Lipinski definition) is 2. The van der Waals surface area contributed by atoms with E-state index < -0.39 is 5.97 Å². The second-order valence-corrected chi connectivity index (χ2v) is 8.05. The smallest absolute Gasteiger partial charge is 0.343 e. The van der Waals surface area contributed by atoms with E-state index in [0.29, 0.717) is 34.3 Å². The van der Waals surface area contributed by atoms with Crippen molar-refractivity contribution in [3.8, 4) is 11.5 Å². The quantitative estimate of drug-likeness (QED) is 0.139. The molecule has 2 N–H and O–H groups in total. The SMILES string of the molecule is CCOc1ccc(C(=O)Oc2ccc(Br)cc2/C=N\NC(=S)Nc2cccc(C)c2)cc1. The molecule has 6 nitrogen and oxygen atoms in total. The third kappa shape index (κ3) is 6.90. The summed E-state index contributed by atoms with van der Waals surface area (Å²) in [5.41, 5.74) is 5.77. The molecule has 0 radical (unpaired) electrons. The van der Waals surface area contributed by atoms with Crippen molar-refractivity contribution in [2.24, 2.45) is 5.10 Å². The molecule has 0 spiro atoms. The zero-order chi connectivity index (χ0) is 22.9. The summed E-state index contributed by atoms with van der Waals surface area (Å²) in [6, 6.07) is 19.9. The summed E-state index contributed by atoms with van der Waals surface area (Å²) in [4.78, 5) is 12.6. The number of benzene rings is 3. The standard InChI is InChI=1S/C24H22BrN3O3S/c1-3-30-21-10-7-17(8-11-21)23(29)31-22-12-9-19(25)14-18(22)15-26-28-24(32)27-20-6-4-5-16(2)13-20/h4-15H,3H2,1-2H3,(H2,27,28,32)/b26-15-. The second kappa shape index (κ2) is 11.4. The first-order valence-corrected chi connectivity index (χ1v) is 11.1. The van der Waals surface area contributed by atoms with Gasteiger partial charge in [0.1, 0.15) is 11.5 Å². The van der Waals surface area contributed by atoms with E-state index >= 15 is 0 Å². The van der Waals surface area contributed by atoms with Crippen LogP contribution in [0.2, 0.25) is 0 Å². The van der Waals surface area contributed by atoms with Crippen molar-refractivity contribution in [3.05, 3.63) is 87.9 Å². The number of aryl methyl sites for hydroxylation is 1. The maximum Gasteiger partial charge on any atom is 0.343 e. The van der Waals surface area contributed by atoms with Crippen molar-refractivity contribution in [1.29, 1.82) is 0 Å². The van der Waals surface area contributed by atoms with Gasteiger partial charge in [-0.05, 0) is 86.2 Å². The van der Waals surface area contributed by atoms with Crippen molar-refractivity contribution in [2.45, 2.75) is 13.8 Å². The molecule has 0 saturated heterocycles. The highest BCUT2D eigenvalue weighted by Gasteiger charge is 2.12. The predicted octanol–water partition coefficient (Wildman–Crippen LogP) is 5.70. The molecular formula is C24H22BrN3O3S. The van der Waals surface area contributed by atoms with E-state index in [1.165, 1.54) is 6.21 Å². The first-order valence-electron chi connectivity index (χ1n) is 9.86. The number of carbonyl (C=O) groups is 1. The average molecular weight is 512 g/mol. The molecule has 3 aromatic carbocycles. The number of thiocarbonyl (C=S) groups is 1. The van der Waals surface area contributed by atoms with Crippen LogP contribution < -0.4 is 20.2 Å². The Morgan fingerprint density at radius 2 is 1.91 bits per heavy atom. The normalized spacial score (nSPS) is 10.6. The summed E-state index contributed by atoms with van der Waals surface area (Å²) >= 11 is 8.70. The van der Waals surface area contributed by atoms with Crippen molar-refractivity contribution >= 4 is 51.1 Å². The van der Waals surface area contributed by atoms with Gasteiger partial charge in [-0.2, -0.15) is 5.10 Å². The number of carbonyl (C=O) groups excluding carboxylic acids is 1. The summed E-state index contributed by atoms with van der Waals surface area (Å²) in [7, 11) is 0. The maximum atomic E-state index is 12.6. The van der Waals surface area contributed by atoms with Crippen LogP contribution in [0, 0.1) is 6.92 Å². The fraction of sp³-hybridized carbons (Fsp3) is 0.125. The van der Waals surface area contributed by atoms with E-state index in [0.717, 1.165) is 15.7 Å². The minimum absolute atomic E-state index is 0.342. The lowest BCUT2D eigenvalue weighted by Gasteiger charge is -2.10. The molecule has 0 aliphatic rings. The van der Waals surface area contributed by atoms with Gasteiger partial charge >= 0.3 is 5.97 Å². The fourth-order valence-electron chi connectivity index (χ4n) is 2.77. The van der Waals surface area contributed by atoms with Gasteiger partial charge in [-0.1, -0.05) is 28.1 Å². The number of anilines is 1. The molecule has 0 aromatic heterocycles. The Balaban J connectivity index is 1.66. The maximum absolute atomic E-state index is 12.6. The summed E-state index contributed by atoms with van der Waals surface area (Å²) in [5, 5.41) is 7.57. The van der Waals surface area contributed by atoms with Gasteiger partial charge in [0.2, 0.25) is 0 Å². The van der Waals surface area contributed by atoms with Crippen molar-refractivity contribution in [2.75, 3.05) is 11.9 Å². The third-order valence-corrected chi connectivity index (χ3v) is 4.91. The molecule has 0 aliphatic carbocycles. The van der Waals surface area contributed by atoms with Crippen LogP contribution in [0.5, 0.6) is 11.5 Å². The van der Waals surface area contributed by atoms with E-state index in [1.807, 2.05) is 38.1 Å². The van der Waals surface area contributed by atoms with Gasteiger partial charge in [0.25, 0.3) is 0 Å². The highest BCUT2D eigenvalue weighted by atomic mass is 79.9. The molecular weight excluding hydrogens is 490 g/mol. The first kappa shape index (κ1) is 23.4. The Morgan fingerprint density at radius 1 is 1.12 bits per heavy atom. The molecule has 0 aliphatic heterocycles. The number of rotatable bonds is 7. The molecule has 164 valence electrons. The number of nitrogens with zero attached hydrogens (tertiary/aromatic N) is 1. The van der Waals surface area contributed by atoms with Crippen molar-refractivity contribution < 1.29 is 14.3 Å². The topological polar surface area (TPSA) is 72.0 Å². The van der Waals surface area contributed by atoms with Crippen LogP contribution in [0.1, 0.15) is 28.4 Å². The number of esters is 1. The van der Waals surface area contributed by atoms with Crippen LogP contribution in [0.4, 0.5) is 5.69 Å². The van der Waals surface area contributed by atoms with Crippen molar-refractivity contribution in [3.63, 3.8) is 0 Å². The molecule has 0 fully saturated rings. The zero-order valence-corrected chi connectivity index (χ0v) is 20.0. The number of halogens is 1. The molecule has 3 rings (SSSR count). The predicted molar refractivity (Wildman–Crippen MR) is 135 cm³/mol. The number of ether oxygens (including phenoxy) is 2. The fourth-order valence-corrected chi connectivity index (χ4v) is 3.32. The van der Waals surface area contributed by atoms with Gasteiger partial charge in [-0.3, -0.25) is 5.43 Å². The zero-order valence-electron chi connectivity index (χ0n) is 17.6. The van der Waals surface area contributed by atoms with Crippen LogP contribution in [0.15, 0.2) is 76.3 Å². The van der Waals surface area contributed by atoms with E-state index in [2.05, 4.69) is 31.8 Å². The highest BCUT2D eigenvalue weighted by Crippen LogP contribution is 2.23. The first-order chi connectivity index (χ1) is 15.4. The minimum atomic E-state index is -0.477. The Labute approximate surface area is 200 Å². The molecule has 0 heterocycles. The van der Waals surface area contributed by atoms with Crippen LogP contribution in [-0.4, -0.2) is 23.9 Å². The monoisotopic (exact) mass is 511 g/mol. The van der Waals surface area contributed by atoms with Gasteiger partial charge in [0.15, 0.2) is 5.11 Å². The molecule has 0 unspecified atom stereocenters. The lowest BCUT2D eigenvalue weighted by Crippen LogP contribution is -2.23. The van der Waals surface area contributed by atoms with E-state index in [9.17, 15) is 4.79 Å². The Bertz CT molecular complexity index is 1130. The largest absolute Gasteiger partial charge is 0.494 e. The van der Waals surface area contributed by atoms with Crippen LogP contribution in [-0.2, 0) is 0 Å². The molecule has 0 atom stereocenters. The minimum Gasteiger partial charge on any atom is -0.494 e. The molecule has 3 aromatic rings. The summed E-state index contributed by atoms with van der Waals surface area (Å²) in [6.45, 7) is 4.46. The van der Waals surface area contributed by atoms with Crippen LogP contribution >= 0.6 is 28.1 Å². The molecule has 0 saturated carbocycles. The Kier molecular flexibility index (Phi) is 8.35. The number of hydrazone groups is 1. The lowest BCUT2D eigenvalue weighted by atomic mass is 10.2. The molecule has 0 bridgehead atoms. The van der Waals surface area contributed by atoms with Gasteiger partial charge in [-0.25, -0.2) is 4.79 Å². The van der Waals surface area contributed by atoms with Gasteiger partial charge in [0, 0.05) is 15.7 Å². The average Bonchev–Trinajstić information content (AvgIpc) is 2.76. The third-order valence-electron chi connectivity index (χ3n) is 4.22. The van der Waals surface area contributed by atoms with E-state index in [-0.39, 0.29) is 0 Å². The highest BCUT2D eigenvalue weighted by molar-refractivity contribution is 9.10. The number of hydrogen-bond acceptors (Lipinski definition) is 5. The summed E-state index contributed by atoms with van der Waals surface area (Å²) < 4.78 is 11.8. The molecule has 32 heavy (non-hydrogen) atoms. The molecule has 0 amide bonds. The number of nitrogens with one attached hydrogen (secondary N) is 2. The van der Waals surface area contributed by atoms with Gasteiger partial charge < -0.3 is 14.8 Å². The van der Waals surface area contributed by atoms with Crippen LogP contribution in [0.25, 0.3) is 0 Å². The van der Waals surface area contributed by atoms with E-state index in [4.69, 9.17) is 21.7 Å². The van der Waals surface area contributed by atoms with Crippen LogP contribution in [0.3, 0.4) is 0 Å². The summed E-state index contributed by atoms with van der Waals surface area (Å²) in [6.07, 6.45) is 1.54. The lowest BCUT2D eigenvalue weighted by molar-refractivity contribution is 0.0734. The second-order valence-electron chi connectivity index (χ2n) is 6.72.